The minimum atomic E-state index is -0.456. The van der Waals surface area contributed by atoms with Crippen molar-refractivity contribution in [1.82, 2.24) is 19.6 Å². The molecule has 0 fully saturated rings. The maximum atomic E-state index is 12.3. The fourth-order valence-corrected chi connectivity index (χ4v) is 3.02. The highest BCUT2D eigenvalue weighted by Gasteiger charge is 2.19. The van der Waals surface area contributed by atoms with Gasteiger partial charge in [0.1, 0.15) is 11.1 Å². The van der Waals surface area contributed by atoms with Gasteiger partial charge in [0.2, 0.25) is 5.82 Å². The molecule has 0 aromatic carbocycles. The predicted molar refractivity (Wildman–Crippen MR) is 82.0 cm³/mol. The van der Waals surface area contributed by atoms with E-state index >= 15 is 0 Å². The number of fused-ring (bicyclic) bond motifs is 1. The topological polar surface area (TPSA) is 96.0 Å². The van der Waals surface area contributed by atoms with Crippen molar-refractivity contribution in [3.05, 3.63) is 39.8 Å². The summed E-state index contributed by atoms with van der Waals surface area (Å²) in [5.74, 6) is -0.0683. The molecule has 0 saturated carbocycles. The Morgan fingerprint density at radius 2 is 2.18 bits per heavy atom. The van der Waals surface area contributed by atoms with E-state index in [9.17, 15) is 10.1 Å². The van der Waals surface area contributed by atoms with Crippen molar-refractivity contribution in [3.8, 4) is 6.07 Å². The Labute approximate surface area is 130 Å². The third-order valence-electron chi connectivity index (χ3n) is 3.36. The minimum Gasteiger partial charge on any atom is -0.310 e. The Morgan fingerprint density at radius 1 is 1.41 bits per heavy atom. The number of rotatable bonds is 2. The van der Waals surface area contributed by atoms with E-state index in [2.05, 4.69) is 26.5 Å². The van der Waals surface area contributed by atoms with Crippen LogP contribution >= 0.6 is 11.3 Å². The normalized spacial score (nSPS) is 10.6. The van der Waals surface area contributed by atoms with Gasteiger partial charge in [-0.3, -0.25) is 4.79 Å². The Balaban J connectivity index is 1.96. The molecule has 3 aromatic rings. The first-order valence-corrected chi connectivity index (χ1v) is 7.32. The minimum absolute atomic E-state index is 0.0226. The van der Waals surface area contributed by atoms with Crippen LogP contribution in [0.1, 0.15) is 32.3 Å². The van der Waals surface area contributed by atoms with E-state index < -0.39 is 5.91 Å². The van der Waals surface area contributed by atoms with Gasteiger partial charge in [0.25, 0.3) is 11.7 Å². The molecule has 0 aliphatic carbocycles. The monoisotopic (exact) mass is 312 g/mol. The highest BCUT2D eigenvalue weighted by Crippen LogP contribution is 2.31. The van der Waals surface area contributed by atoms with Gasteiger partial charge < -0.3 is 5.32 Å². The number of nitrogens with zero attached hydrogens (tertiary/aromatic N) is 5. The van der Waals surface area contributed by atoms with Crippen LogP contribution in [0.25, 0.3) is 5.78 Å². The molecule has 3 aromatic heterocycles. The molecule has 3 rings (SSSR count). The zero-order chi connectivity index (χ0) is 15.9. The van der Waals surface area contributed by atoms with Crippen LogP contribution in [0.3, 0.4) is 0 Å². The molecule has 0 radical (unpaired) electrons. The Kier molecular flexibility index (Phi) is 3.35. The molecule has 110 valence electrons. The molecule has 0 aliphatic heterocycles. The van der Waals surface area contributed by atoms with E-state index in [1.807, 2.05) is 20.8 Å². The highest BCUT2D eigenvalue weighted by molar-refractivity contribution is 7.16. The van der Waals surface area contributed by atoms with E-state index in [0.29, 0.717) is 16.3 Å². The van der Waals surface area contributed by atoms with Crippen LogP contribution in [0, 0.1) is 32.1 Å². The summed E-state index contributed by atoms with van der Waals surface area (Å²) < 4.78 is 1.50. The number of anilines is 1. The average Bonchev–Trinajstić information content (AvgIpc) is 3.03. The quantitative estimate of drug-likeness (QED) is 0.782. The lowest BCUT2D eigenvalue weighted by atomic mass is 10.2. The van der Waals surface area contributed by atoms with E-state index in [-0.39, 0.29) is 5.82 Å². The molecule has 1 N–H and O–H groups in total. The van der Waals surface area contributed by atoms with Crippen molar-refractivity contribution in [1.29, 1.82) is 5.26 Å². The lowest BCUT2D eigenvalue weighted by Crippen LogP contribution is -2.14. The lowest BCUT2D eigenvalue weighted by molar-refractivity contribution is 0.101. The van der Waals surface area contributed by atoms with Crippen molar-refractivity contribution < 1.29 is 4.79 Å². The lowest BCUT2D eigenvalue weighted by Gasteiger charge is -1.99. The van der Waals surface area contributed by atoms with Gasteiger partial charge in [0.05, 0.1) is 5.56 Å². The number of aryl methyl sites for hydroxylation is 2. The summed E-state index contributed by atoms with van der Waals surface area (Å²) in [7, 11) is 0. The summed E-state index contributed by atoms with van der Waals surface area (Å²) in [5.41, 5.74) is 2.19. The molecule has 1 amide bonds. The van der Waals surface area contributed by atoms with Gasteiger partial charge in [-0.25, -0.2) is 9.50 Å². The zero-order valence-corrected chi connectivity index (χ0v) is 13.0. The van der Waals surface area contributed by atoms with Crippen LogP contribution in [0.15, 0.2) is 12.3 Å². The van der Waals surface area contributed by atoms with Crippen LogP contribution in [0.5, 0.6) is 0 Å². The van der Waals surface area contributed by atoms with Gasteiger partial charge in [-0.05, 0) is 32.4 Å². The number of thiophene rings is 1. The Hall–Kier alpha value is -2.79. The van der Waals surface area contributed by atoms with E-state index in [0.717, 1.165) is 16.1 Å². The Morgan fingerprint density at radius 3 is 2.86 bits per heavy atom. The zero-order valence-electron chi connectivity index (χ0n) is 12.2. The van der Waals surface area contributed by atoms with E-state index in [4.69, 9.17) is 0 Å². The number of aromatic nitrogens is 4. The first-order chi connectivity index (χ1) is 10.5. The second-order valence-electron chi connectivity index (χ2n) is 4.79. The smallest absolute Gasteiger partial charge is 0.296 e. The summed E-state index contributed by atoms with van der Waals surface area (Å²) in [5, 5.41) is 16.6. The maximum Gasteiger partial charge on any atom is 0.296 e. The SMILES string of the molecule is Cc1sc(NC(=O)c2nc3nccc(C)n3n2)c(C#N)c1C. The first kappa shape index (κ1) is 14.2. The summed E-state index contributed by atoms with van der Waals surface area (Å²) >= 11 is 1.37. The number of nitrogens with one attached hydrogen (secondary N) is 1. The molecule has 0 atom stereocenters. The van der Waals surface area contributed by atoms with Gasteiger partial charge in [0, 0.05) is 16.8 Å². The van der Waals surface area contributed by atoms with Gasteiger partial charge in [-0.2, -0.15) is 10.2 Å². The third-order valence-corrected chi connectivity index (χ3v) is 4.48. The van der Waals surface area contributed by atoms with Crippen LogP contribution in [0.2, 0.25) is 0 Å². The van der Waals surface area contributed by atoms with Gasteiger partial charge in [0.15, 0.2) is 0 Å². The molecule has 0 spiro atoms. The Bertz CT molecular complexity index is 933. The number of carbonyl (C=O) groups is 1. The summed E-state index contributed by atoms with van der Waals surface area (Å²) in [6, 6.07) is 3.90. The molecule has 0 aliphatic rings. The van der Waals surface area contributed by atoms with Gasteiger partial charge >= 0.3 is 0 Å². The summed E-state index contributed by atoms with van der Waals surface area (Å²) in [6.07, 6.45) is 1.61. The summed E-state index contributed by atoms with van der Waals surface area (Å²) in [4.78, 5) is 21.5. The molecule has 22 heavy (non-hydrogen) atoms. The van der Waals surface area contributed by atoms with Crippen molar-refractivity contribution >= 4 is 28.0 Å². The molecule has 0 unspecified atom stereocenters. The molecular weight excluding hydrogens is 300 g/mol. The van der Waals surface area contributed by atoms with Crippen LogP contribution in [0.4, 0.5) is 5.00 Å². The molecule has 0 saturated heterocycles. The fourth-order valence-electron chi connectivity index (χ4n) is 2.01. The fraction of sp³-hybridized carbons (Fsp3) is 0.214. The van der Waals surface area contributed by atoms with Crippen molar-refractivity contribution in [3.63, 3.8) is 0 Å². The molecule has 8 heteroatoms. The van der Waals surface area contributed by atoms with E-state index in [1.54, 1.807) is 12.3 Å². The maximum absolute atomic E-state index is 12.3. The second kappa shape index (κ2) is 5.20. The molecule has 7 nitrogen and oxygen atoms in total. The van der Waals surface area contributed by atoms with Gasteiger partial charge in [-0.15, -0.1) is 16.4 Å². The van der Waals surface area contributed by atoms with Crippen LogP contribution < -0.4 is 5.32 Å². The average molecular weight is 312 g/mol. The number of hydrogen-bond acceptors (Lipinski definition) is 6. The number of hydrogen-bond donors (Lipinski definition) is 1. The summed E-state index contributed by atoms with van der Waals surface area (Å²) in [6.45, 7) is 5.62. The standard InChI is InChI=1S/C14H12N6OS/c1-7-4-5-16-14-17-11(19-20(7)14)12(21)18-13-10(6-15)8(2)9(3)22-13/h4-5H,1-3H3,(H,18,21). The van der Waals surface area contributed by atoms with Crippen molar-refractivity contribution in [2.24, 2.45) is 0 Å². The number of carbonyl (C=O) groups excluding carboxylic acids is 1. The van der Waals surface area contributed by atoms with E-state index in [1.165, 1.54) is 15.9 Å². The predicted octanol–water partition coefficient (Wildman–Crippen LogP) is 2.24. The van der Waals surface area contributed by atoms with Crippen LogP contribution in [-0.4, -0.2) is 25.5 Å². The van der Waals surface area contributed by atoms with Crippen molar-refractivity contribution in [2.75, 3.05) is 5.32 Å². The number of nitriles is 1. The van der Waals surface area contributed by atoms with Gasteiger partial charge in [-0.1, -0.05) is 0 Å². The second-order valence-corrected chi connectivity index (χ2v) is 6.01. The molecule has 0 bridgehead atoms. The molecular formula is C14H12N6OS. The first-order valence-electron chi connectivity index (χ1n) is 6.51. The highest BCUT2D eigenvalue weighted by atomic mass is 32.1. The molecule has 3 heterocycles. The van der Waals surface area contributed by atoms with Crippen molar-refractivity contribution in [2.45, 2.75) is 20.8 Å². The third kappa shape index (κ3) is 2.21. The largest absolute Gasteiger partial charge is 0.310 e. The van der Waals surface area contributed by atoms with Crippen LogP contribution in [-0.2, 0) is 0 Å². The number of amides is 1.